The standard InChI is InChI=1S/C5H4BrNOS/c6-4-1-2-9-5(4)7-3-8/h1-3H,(H,7,8). The van der Waals surface area contributed by atoms with Gasteiger partial charge in [0.2, 0.25) is 6.41 Å². The van der Waals surface area contributed by atoms with Crippen LogP contribution in [0.1, 0.15) is 0 Å². The van der Waals surface area contributed by atoms with E-state index in [-0.39, 0.29) is 0 Å². The predicted octanol–water partition coefficient (Wildman–Crippen LogP) is 2.08. The summed E-state index contributed by atoms with van der Waals surface area (Å²) in [6.07, 6.45) is 0.663. The maximum atomic E-state index is 9.90. The van der Waals surface area contributed by atoms with Gasteiger partial charge in [0, 0.05) is 0 Å². The van der Waals surface area contributed by atoms with Gasteiger partial charge in [0.25, 0.3) is 0 Å². The number of amides is 1. The van der Waals surface area contributed by atoms with Crippen LogP contribution in [0.25, 0.3) is 0 Å². The molecule has 0 aliphatic carbocycles. The van der Waals surface area contributed by atoms with Gasteiger partial charge in [-0.2, -0.15) is 0 Å². The maximum Gasteiger partial charge on any atom is 0.212 e. The molecule has 0 atom stereocenters. The molecule has 4 heteroatoms. The molecule has 2 nitrogen and oxygen atoms in total. The first-order chi connectivity index (χ1) is 4.34. The Labute approximate surface area is 65.0 Å². The van der Waals surface area contributed by atoms with E-state index >= 15 is 0 Å². The third-order valence-electron chi connectivity index (χ3n) is 0.807. The second-order valence-electron chi connectivity index (χ2n) is 1.36. The fraction of sp³-hybridized carbons (Fsp3) is 0. The molecule has 0 radical (unpaired) electrons. The quantitative estimate of drug-likeness (QED) is 0.737. The molecule has 1 N–H and O–H groups in total. The van der Waals surface area contributed by atoms with E-state index in [1.807, 2.05) is 11.4 Å². The van der Waals surface area contributed by atoms with Crippen LogP contribution in [0.3, 0.4) is 0 Å². The van der Waals surface area contributed by atoms with Crippen molar-refractivity contribution in [2.24, 2.45) is 0 Å². The summed E-state index contributed by atoms with van der Waals surface area (Å²) in [7, 11) is 0. The minimum atomic E-state index is 0.663. The zero-order valence-corrected chi connectivity index (χ0v) is 6.83. The van der Waals surface area contributed by atoms with Gasteiger partial charge in [-0.3, -0.25) is 4.79 Å². The smallest absolute Gasteiger partial charge is 0.212 e. The Morgan fingerprint density at radius 3 is 3.00 bits per heavy atom. The summed E-state index contributed by atoms with van der Waals surface area (Å²) >= 11 is 4.74. The lowest BCUT2D eigenvalue weighted by Crippen LogP contribution is -1.89. The molecule has 0 saturated carbocycles. The molecule has 0 fully saturated rings. The summed E-state index contributed by atoms with van der Waals surface area (Å²) in [6, 6.07) is 1.89. The number of nitrogens with one attached hydrogen (secondary N) is 1. The van der Waals surface area contributed by atoms with E-state index in [2.05, 4.69) is 21.2 Å². The molecular formula is C5H4BrNOS. The van der Waals surface area contributed by atoms with Gasteiger partial charge in [-0.15, -0.1) is 11.3 Å². The topological polar surface area (TPSA) is 29.1 Å². The van der Waals surface area contributed by atoms with E-state index in [4.69, 9.17) is 0 Å². The maximum absolute atomic E-state index is 9.90. The van der Waals surface area contributed by atoms with Crippen molar-refractivity contribution in [3.63, 3.8) is 0 Å². The zero-order chi connectivity index (χ0) is 6.69. The lowest BCUT2D eigenvalue weighted by molar-refractivity contribution is -0.105. The molecule has 48 valence electrons. The second-order valence-corrected chi connectivity index (χ2v) is 3.13. The van der Waals surface area contributed by atoms with E-state index in [1.54, 1.807) is 0 Å². The number of rotatable bonds is 2. The highest BCUT2D eigenvalue weighted by Gasteiger charge is 1.96. The number of hydrogen-bond donors (Lipinski definition) is 1. The number of carbonyl (C=O) groups excluding carboxylic acids is 1. The summed E-state index contributed by atoms with van der Waals surface area (Å²) in [5.41, 5.74) is 0. The van der Waals surface area contributed by atoms with Gasteiger partial charge in [0.15, 0.2) is 0 Å². The van der Waals surface area contributed by atoms with Crippen molar-refractivity contribution in [1.29, 1.82) is 0 Å². The Kier molecular flexibility index (Phi) is 2.24. The highest BCUT2D eigenvalue weighted by molar-refractivity contribution is 9.10. The van der Waals surface area contributed by atoms with Crippen molar-refractivity contribution in [2.45, 2.75) is 0 Å². The Hall–Kier alpha value is -0.350. The molecule has 0 aromatic carbocycles. The molecule has 9 heavy (non-hydrogen) atoms. The van der Waals surface area contributed by atoms with Gasteiger partial charge >= 0.3 is 0 Å². The molecule has 0 spiro atoms. The molecule has 0 unspecified atom stereocenters. The Morgan fingerprint density at radius 1 is 1.78 bits per heavy atom. The van der Waals surface area contributed by atoms with Crippen LogP contribution in [0.4, 0.5) is 5.00 Å². The van der Waals surface area contributed by atoms with Crippen molar-refractivity contribution in [2.75, 3.05) is 5.32 Å². The Morgan fingerprint density at radius 2 is 2.56 bits per heavy atom. The van der Waals surface area contributed by atoms with E-state index in [0.29, 0.717) is 6.41 Å². The van der Waals surface area contributed by atoms with Gasteiger partial charge in [0.05, 0.1) is 4.47 Å². The van der Waals surface area contributed by atoms with Crippen LogP contribution in [0.15, 0.2) is 15.9 Å². The molecule has 1 heterocycles. The largest absolute Gasteiger partial charge is 0.319 e. The summed E-state index contributed by atoms with van der Waals surface area (Å²) in [5.74, 6) is 0. The SMILES string of the molecule is O=CNc1sccc1Br. The number of halogens is 1. The summed E-state index contributed by atoms with van der Waals surface area (Å²) in [4.78, 5) is 9.90. The van der Waals surface area contributed by atoms with Gasteiger partial charge in [-0.05, 0) is 27.4 Å². The van der Waals surface area contributed by atoms with Crippen LogP contribution in [0.5, 0.6) is 0 Å². The molecule has 0 bridgehead atoms. The van der Waals surface area contributed by atoms with Crippen molar-refractivity contribution in [3.05, 3.63) is 15.9 Å². The highest BCUT2D eigenvalue weighted by Crippen LogP contribution is 2.27. The van der Waals surface area contributed by atoms with Gasteiger partial charge in [0.1, 0.15) is 5.00 Å². The van der Waals surface area contributed by atoms with Crippen LogP contribution in [-0.4, -0.2) is 6.41 Å². The van der Waals surface area contributed by atoms with Gasteiger partial charge in [-0.25, -0.2) is 0 Å². The predicted molar refractivity (Wildman–Crippen MR) is 41.7 cm³/mol. The number of hydrogen-bond acceptors (Lipinski definition) is 2. The minimum Gasteiger partial charge on any atom is -0.319 e. The lowest BCUT2D eigenvalue weighted by atomic mass is 10.6. The molecular weight excluding hydrogens is 202 g/mol. The molecule has 0 aliphatic rings. The molecule has 1 aromatic heterocycles. The number of thiophene rings is 1. The Balaban J connectivity index is 2.80. The van der Waals surface area contributed by atoms with Crippen LogP contribution in [-0.2, 0) is 4.79 Å². The lowest BCUT2D eigenvalue weighted by Gasteiger charge is -1.89. The average molecular weight is 206 g/mol. The first kappa shape index (κ1) is 6.77. The van der Waals surface area contributed by atoms with Crippen LogP contribution in [0.2, 0.25) is 0 Å². The van der Waals surface area contributed by atoms with Crippen LogP contribution < -0.4 is 5.32 Å². The normalized spacial score (nSPS) is 9.00. The molecule has 1 amide bonds. The van der Waals surface area contributed by atoms with E-state index < -0.39 is 0 Å². The van der Waals surface area contributed by atoms with Gasteiger partial charge in [-0.1, -0.05) is 0 Å². The Bertz CT molecular complexity index is 210. The number of carbonyl (C=O) groups is 1. The fourth-order valence-electron chi connectivity index (χ4n) is 0.450. The van der Waals surface area contributed by atoms with Crippen LogP contribution in [0, 0.1) is 0 Å². The average Bonchev–Trinajstić information content (AvgIpc) is 2.18. The van der Waals surface area contributed by atoms with E-state index in [0.717, 1.165) is 9.47 Å². The first-order valence-corrected chi connectivity index (χ1v) is 3.95. The fourth-order valence-corrected chi connectivity index (χ4v) is 1.79. The minimum absolute atomic E-state index is 0.663. The molecule has 1 aromatic rings. The van der Waals surface area contributed by atoms with E-state index in [9.17, 15) is 4.79 Å². The van der Waals surface area contributed by atoms with Crippen molar-refractivity contribution < 1.29 is 4.79 Å². The first-order valence-electron chi connectivity index (χ1n) is 2.28. The van der Waals surface area contributed by atoms with Crippen molar-refractivity contribution in [3.8, 4) is 0 Å². The van der Waals surface area contributed by atoms with E-state index in [1.165, 1.54) is 11.3 Å². The zero-order valence-electron chi connectivity index (χ0n) is 4.43. The molecule has 0 saturated heterocycles. The van der Waals surface area contributed by atoms with Crippen molar-refractivity contribution in [1.82, 2.24) is 0 Å². The molecule has 0 aliphatic heterocycles. The summed E-state index contributed by atoms with van der Waals surface area (Å²) < 4.78 is 0.930. The third kappa shape index (κ3) is 1.53. The van der Waals surface area contributed by atoms with Gasteiger partial charge < -0.3 is 5.32 Å². The monoisotopic (exact) mass is 205 g/mol. The third-order valence-corrected chi connectivity index (χ3v) is 2.58. The number of anilines is 1. The second kappa shape index (κ2) is 2.98. The molecule has 1 rings (SSSR count). The van der Waals surface area contributed by atoms with Crippen molar-refractivity contribution >= 4 is 38.7 Å². The summed E-state index contributed by atoms with van der Waals surface area (Å²) in [6.45, 7) is 0. The highest BCUT2D eigenvalue weighted by atomic mass is 79.9. The van der Waals surface area contributed by atoms with Crippen LogP contribution >= 0.6 is 27.3 Å². The summed E-state index contributed by atoms with van der Waals surface area (Å²) in [5, 5.41) is 5.30.